The van der Waals surface area contributed by atoms with E-state index in [1.807, 2.05) is 63.5 Å². The van der Waals surface area contributed by atoms with E-state index in [-0.39, 0.29) is 0 Å². The van der Waals surface area contributed by atoms with Crippen molar-refractivity contribution in [2.45, 2.75) is 6.92 Å². The van der Waals surface area contributed by atoms with Crippen LogP contribution in [0.15, 0.2) is 47.5 Å². The van der Waals surface area contributed by atoms with E-state index in [9.17, 15) is 0 Å². The first-order valence-corrected chi connectivity index (χ1v) is 7.21. The third-order valence-corrected chi connectivity index (χ3v) is 3.23. The zero-order chi connectivity index (χ0) is 15.2. The fourth-order valence-electron chi connectivity index (χ4n) is 1.89. The van der Waals surface area contributed by atoms with Crippen LogP contribution >= 0.6 is 11.6 Å². The lowest BCUT2D eigenvalue weighted by Gasteiger charge is -2.11. The Morgan fingerprint density at radius 1 is 1.14 bits per heavy atom. The van der Waals surface area contributed by atoms with Crippen molar-refractivity contribution in [2.24, 2.45) is 4.99 Å². The summed E-state index contributed by atoms with van der Waals surface area (Å²) in [7, 11) is 4.03. The monoisotopic (exact) mass is 302 g/mol. The molecule has 2 aromatic carbocycles. The van der Waals surface area contributed by atoms with Gasteiger partial charge in [-0.2, -0.15) is 0 Å². The number of hydrogen-bond acceptors (Lipinski definition) is 3. The summed E-state index contributed by atoms with van der Waals surface area (Å²) in [4.78, 5) is 6.53. The van der Waals surface area contributed by atoms with E-state index in [1.54, 1.807) is 6.21 Å². The van der Waals surface area contributed by atoms with E-state index in [2.05, 4.69) is 9.89 Å². The van der Waals surface area contributed by atoms with Gasteiger partial charge in [-0.1, -0.05) is 11.6 Å². The fraction of sp³-hybridized carbons (Fsp3) is 0.235. The van der Waals surface area contributed by atoms with Gasteiger partial charge < -0.3 is 9.64 Å². The predicted octanol–water partition coefficient (Wildman–Crippen LogP) is 4.56. The van der Waals surface area contributed by atoms with Crippen molar-refractivity contribution >= 4 is 29.2 Å². The predicted molar refractivity (Wildman–Crippen MR) is 90.6 cm³/mol. The molecule has 0 heterocycles. The van der Waals surface area contributed by atoms with Gasteiger partial charge in [0.15, 0.2) is 0 Å². The molecule has 2 rings (SSSR count). The number of ether oxygens (including phenoxy) is 1. The quantitative estimate of drug-likeness (QED) is 0.757. The molecule has 0 N–H and O–H groups in total. The van der Waals surface area contributed by atoms with Crippen LogP contribution in [0.3, 0.4) is 0 Å². The van der Waals surface area contributed by atoms with E-state index >= 15 is 0 Å². The number of halogens is 1. The summed E-state index contributed by atoms with van der Waals surface area (Å²) in [6.07, 6.45) is 1.78. The van der Waals surface area contributed by atoms with Crippen molar-refractivity contribution < 1.29 is 4.74 Å². The molecule has 0 spiro atoms. The van der Waals surface area contributed by atoms with Crippen LogP contribution in [0.5, 0.6) is 5.75 Å². The van der Waals surface area contributed by atoms with Gasteiger partial charge in [0.05, 0.1) is 12.3 Å². The summed E-state index contributed by atoms with van der Waals surface area (Å²) >= 11 is 6.03. The third-order valence-electron chi connectivity index (χ3n) is 2.99. The second-order valence-electron chi connectivity index (χ2n) is 4.78. The smallest absolute Gasteiger partial charge is 0.128 e. The highest BCUT2D eigenvalue weighted by molar-refractivity contribution is 6.30. The maximum atomic E-state index is 6.03. The highest BCUT2D eigenvalue weighted by Gasteiger charge is 2.02. The van der Waals surface area contributed by atoms with Crippen molar-refractivity contribution in [1.29, 1.82) is 0 Å². The maximum Gasteiger partial charge on any atom is 0.128 e. The van der Waals surface area contributed by atoms with Crippen LogP contribution in [0.4, 0.5) is 11.4 Å². The largest absolute Gasteiger partial charge is 0.493 e. The van der Waals surface area contributed by atoms with Crippen molar-refractivity contribution in [3.63, 3.8) is 0 Å². The number of aliphatic imine (C=N–C) groups is 1. The Morgan fingerprint density at radius 2 is 1.86 bits per heavy atom. The molecule has 0 aliphatic rings. The zero-order valence-corrected chi connectivity index (χ0v) is 13.3. The maximum absolute atomic E-state index is 6.03. The van der Waals surface area contributed by atoms with Crippen molar-refractivity contribution in [3.8, 4) is 5.75 Å². The van der Waals surface area contributed by atoms with Crippen LogP contribution in [0.1, 0.15) is 12.5 Å². The van der Waals surface area contributed by atoms with Gasteiger partial charge in [0.2, 0.25) is 0 Å². The molecule has 0 aromatic heterocycles. The summed E-state index contributed by atoms with van der Waals surface area (Å²) in [5, 5.41) is 0.669. The summed E-state index contributed by atoms with van der Waals surface area (Å²) in [6, 6.07) is 13.6. The van der Waals surface area contributed by atoms with Crippen molar-refractivity contribution in [2.75, 3.05) is 25.6 Å². The molecule has 2 aromatic rings. The molecule has 0 amide bonds. The van der Waals surface area contributed by atoms with Gasteiger partial charge in [0.25, 0.3) is 0 Å². The normalized spacial score (nSPS) is 10.9. The lowest BCUT2D eigenvalue weighted by atomic mass is 10.2. The van der Waals surface area contributed by atoms with E-state index in [0.717, 1.165) is 22.7 Å². The molecule has 0 aliphatic heterocycles. The van der Waals surface area contributed by atoms with Gasteiger partial charge in [-0.15, -0.1) is 0 Å². The molecule has 0 fully saturated rings. The molecule has 0 atom stereocenters. The topological polar surface area (TPSA) is 24.8 Å². The molecule has 3 nitrogen and oxygen atoms in total. The molecular weight excluding hydrogens is 284 g/mol. The first kappa shape index (κ1) is 15.4. The number of hydrogen-bond donors (Lipinski definition) is 0. The van der Waals surface area contributed by atoms with Crippen molar-refractivity contribution in [3.05, 3.63) is 53.1 Å². The van der Waals surface area contributed by atoms with Crippen LogP contribution in [-0.2, 0) is 0 Å². The Balaban J connectivity index is 2.22. The molecule has 21 heavy (non-hydrogen) atoms. The second-order valence-corrected chi connectivity index (χ2v) is 5.22. The van der Waals surface area contributed by atoms with Gasteiger partial charge in [0, 0.05) is 36.6 Å². The minimum Gasteiger partial charge on any atom is -0.493 e. The first-order valence-electron chi connectivity index (χ1n) is 6.84. The van der Waals surface area contributed by atoms with Gasteiger partial charge in [0.1, 0.15) is 5.75 Å². The van der Waals surface area contributed by atoms with Gasteiger partial charge in [-0.05, 0) is 49.4 Å². The lowest BCUT2D eigenvalue weighted by Crippen LogP contribution is -2.07. The van der Waals surface area contributed by atoms with Crippen LogP contribution in [0.2, 0.25) is 5.02 Å². The van der Waals surface area contributed by atoms with Crippen LogP contribution in [0, 0.1) is 0 Å². The van der Waals surface area contributed by atoms with Crippen LogP contribution < -0.4 is 9.64 Å². The average Bonchev–Trinajstić information content (AvgIpc) is 2.48. The molecule has 110 valence electrons. The molecule has 0 bridgehead atoms. The Bertz CT molecular complexity index is 621. The van der Waals surface area contributed by atoms with E-state index in [4.69, 9.17) is 16.3 Å². The Kier molecular flexibility index (Phi) is 5.23. The van der Waals surface area contributed by atoms with E-state index < -0.39 is 0 Å². The molecule has 0 saturated heterocycles. The van der Waals surface area contributed by atoms with Crippen LogP contribution in [0.25, 0.3) is 0 Å². The molecule has 0 aliphatic carbocycles. The summed E-state index contributed by atoms with van der Waals surface area (Å²) in [5.41, 5.74) is 2.91. The minimum atomic E-state index is 0.611. The Morgan fingerprint density at radius 3 is 2.48 bits per heavy atom. The molecular formula is C17H19ClN2O. The zero-order valence-electron chi connectivity index (χ0n) is 12.5. The third kappa shape index (κ3) is 4.23. The van der Waals surface area contributed by atoms with Gasteiger partial charge in [-0.3, -0.25) is 4.99 Å². The minimum absolute atomic E-state index is 0.611. The summed E-state index contributed by atoms with van der Waals surface area (Å²) in [5.74, 6) is 0.788. The van der Waals surface area contributed by atoms with Crippen molar-refractivity contribution in [1.82, 2.24) is 0 Å². The summed E-state index contributed by atoms with van der Waals surface area (Å²) < 4.78 is 5.57. The highest BCUT2D eigenvalue weighted by Crippen LogP contribution is 2.23. The molecule has 0 radical (unpaired) electrons. The lowest BCUT2D eigenvalue weighted by molar-refractivity contribution is 0.340. The summed E-state index contributed by atoms with van der Waals surface area (Å²) in [6.45, 7) is 2.56. The van der Waals surface area contributed by atoms with Gasteiger partial charge in [-0.25, -0.2) is 0 Å². The van der Waals surface area contributed by atoms with E-state index in [0.29, 0.717) is 11.6 Å². The SMILES string of the molecule is CCOc1ccc(Cl)cc1C=Nc1ccc(N(C)C)cc1. The van der Waals surface area contributed by atoms with Gasteiger partial charge >= 0.3 is 0 Å². The Hall–Kier alpha value is -2.00. The number of anilines is 1. The average molecular weight is 303 g/mol. The number of nitrogens with zero attached hydrogens (tertiary/aromatic N) is 2. The second kappa shape index (κ2) is 7.14. The fourth-order valence-corrected chi connectivity index (χ4v) is 2.07. The number of rotatable bonds is 5. The first-order chi connectivity index (χ1) is 10.1. The molecule has 4 heteroatoms. The standard InChI is InChI=1S/C17H19ClN2O/c1-4-21-17-10-5-14(18)11-13(17)12-19-15-6-8-16(9-7-15)20(2)3/h5-12H,4H2,1-3H3. The number of benzene rings is 2. The molecule has 0 saturated carbocycles. The van der Waals surface area contributed by atoms with E-state index in [1.165, 1.54) is 0 Å². The Labute approximate surface area is 130 Å². The highest BCUT2D eigenvalue weighted by atomic mass is 35.5. The van der Waals surface area contributed by atoms with Crippen LogP contribution in [-0.4, -0.2) is 26.9 Å². The molecule has 0 unspecified atom stereocenters.